The number of likely N-dealkylation sites (N-methyl/N-ethyl adjacent to an activating group) is 1. The summed E-state index contributed by atoms with van der Waals surface area (Å²) in [5, 5.41) is 18.1. The molecule has 0 amide bonds. The van der Waals surface area contributed by atoms with Gasteiger partial charge in [-0.15, -0.1) is 0 Å². The fourth-order valence-electron chi connectivity index (χ4n) is 1.37. The van der Waals surface area contributed by atoms with Gasteiger partial charge < -0.3 is 14.7 Å². The van der Waals surface area contributed by atoms with Gasteiger partial charge in [0.1, 0.15) is 6.10 Å². The Bertz CT molecular complexity index is 232. The maximum absolute atomic E-state index is 9.48. The molecule has 0 aromatic heterocycles. The number of rotatable bonds is 1. The van der Waals surface area contributed by atoms with Crippen molar-refractivity contribution in [2.24, 2.45) is 0 Å². The summed E-state index contributed by atoms with van der Waals surface area (Å²) in [6, 6.07) is 2.01. The van der Waals surface area contributed by atoms with Crippen LogP contribution in [0.3, 0.4) is 0 Å². The van der Waals surface area contributed by atoms with Crippen LogP contribution in [-0.2, 0) is 4.74 Å². The molecule has 1 aliphatic rings. The van der Waals surface area contributed by atoms with E-state index >= 15 is 0 Å². The van der Waals surface area contributed by atoms with E-state index in [4.69, 9.17) is 10.00 Å². The van der Waals surface area contributed by atoms with Gasteiger partial charge in [-0.1, -0.05) is 0 Å². The van der Waals surface area contributed by atoms with Crippen LogP contribution >= 0.6 is 0 Å². The van der Waals surface area contributed by atoms with Crippen LogP contribution < -0.4 is 0 Å². The Morgan fingerprint density at radius 3 is 2.92 bits per heavy atom. The zero-order valence-electron chi connectivity index (χ0n) is 7.19. The van der Waals surface area contributed by atoms with Crippen molar-refractivity contribution in [3.63, 3.8) is 0 Å². The Morgan fingerprint density at radius 2 is 2.50 bits per heavy atom. The highest BCUT2D eigenvalue weighted by atomic mass is 16.5. The third-order valence-electron chi connectivity index (χ3n) is 1.90. The van der Waals surface area contributed by atoms with E-state index < -0.39 is 6.10 Å². The van der Waals surface area contributed by atoms with E-state index in [2.05, 4.69) is 0 Å². The highest BCUT2D eigenvalue weighted by molar-refractivity contribution is 5.23. The topological polar surface area (TPSA) is 56.5 Å². The molecule has 4 heteroatoms. The van der Waals surface area contributed by atoms with Gasteiger partial charge in [-0.05, 0) is 0 Å². The lowest BCUT2D eigenvalue weighted by molar-refractivity contribution is -0.0852. The molecule has 12 heavy (non-hydrogen) atoms. The van der Waals surface area contributed by atoms with Gasteiger partial charge in [0.05, 0.1) is 6.07 Å². The Labute approximate surface area is 71.7 Å². The Morgan fingerprint density at radius 1 is 1.83 bits per heavy atom. The van der Waals surface area contributed by atoms with E-state index in [1.807, 2.05) is 6.07 Å². The molecule has 0 aromatic carbocycles. The molecule has 0 radical (unpaired) electrons. The molecule has 0 bridgehead atoms. The van der Waals surface area contributed by atoms with Crippen molar-refractivity contribution in [1.82, 2.24) is 4.90 Å². The van der Waals surface area contributed by atoms with Crippen LogP contribution in [0.15, 0.2) is 11.8 Å². The van der Waals surface area contributed by atoms with Crippen LogP contribution in [0.25, 0.3) is 0 Å². The summed E-state index contributed by atoms with van der Waals surface area (Å²) in [6.07, 6.45) is 1.13. The largest absolute Gasteiger partial charge is 0.388 e. The first-order valence-corrected chi connectivity index (χ1v) is 3.72. The molecule has 1 heterocycles. The minimum atomic E-state index is -0.611. The van der Waals surface area contributed by atoms with Crippen molar-refractivity contribution in [3.05, 3.63) is 11.8 Å². The number of methoxy groups -OCH3 is 1. The summed E-state index contributed by atoms with van der Waals surface area (Å²) < 4.78 is 5.03. The lowest BCUT2D eigenvalue weighted by Gasteiger charge is -2.33. The quantitative estimate of drug-likeness (QED) is 0.601. The van der Waals surface area contributed by atoms with Crippen LogP contribution in [0.2, 0.25) is 0 Å². The van der Waals surface area contributed by atoms with Gasteiger partial charge >= 0.3 is 0 Å². The van der Waals surface area contributed by atoms with Gasteiger partial charge in [0, 0.05) is 32.4 Å². The van der Waals surface area contributed by atoms with Crippen LogP contribution in [0.4, 0.5) is 0 Å². The van der Waals surface area contributed by atoms with Gasteiger partial charge in [0.15, 0.2) is 6.23 Å². The van der Waals surface area contributed by atoms with E-state index in [-0.39, 0.29) is 6.23 Å². The van der Waals surface area contributed by atoms with Crippen molar-refractivity contribution >= 4 is 0 Å². The molecule has 0 saturated carbocycles. The smallest absolute Gasteiger partial charge is 0.155 e. The Balaban J connectivity index is 2.77. The molecule has 1 N–H and O–H groups in total. The molecule has 1 aliphatic heterocycles. The van der Waals surface area contributed by atoms with Crippen LogP contribution in [0, 0.1) is 11.3 Å². The van der Waals surface area contributed by atoms with E-state index in [9.17, 15) is 5.11 Å². The standard InChI is InChI=1S/C8H12N2O2/c1-10-5-6(4-9)3-7(11)8(10)12-2/h5,7-8,11H,3H2,1-2H3/t7-,8-/m0/s1. The molecule has 1 rings (SSSR count). The van der Waals surface area contributed by atoms with Crippen molar-refractivity contribution < 1.29 is 9.84 Å². The zero-order valence-corrected chi connectivity index (χ0v) is 7.19. The number of hydrogen-bond acceptors (Lipinski definition) is 4. The second-order valence-electron chi connectivity index (χ2n) is 2.83. The van der Waals surface area contributed by atoms with Gasteiger partial charge in [-0.2, -0.15) is 5.26 Å². The maximum Gasteiger partial charge on any atom is 0.155 e. The number of ether oxygens (including phenoxy) is 1. The SMILES string of the molecule is CO[C@H]1[C@@H](O)CC(C#N)=CN1C. The molecule has 0 aromatic rings. The lowest BCUT2D eigenvalue weighted by Crippen LogP contribution is -2.43. The predicted molar refractivity (Wildman–Crippen MR) is 42.9 cm³/mol. The van der Waals surface area contributed by atoms with Crippen molar-refractivity contribution in [2.45, 2.75) is 18.8 Å². The predicted octanol–water partition coefficient (Wildman–Crippen LogP) is 0.0628. The zero-order chi connectivity index (χ0) is 9.14. The van der Waals surface area contributed by atoms with E-state index in [1.54, 1.807) is 18.1 Å². The number of aliphatic hydroxyl groups excluding tert-OH is 1. The molecule has 2 atom stereocenters. The Hall–Kier alpha value is -1.05. The molecule has 0 saturated heterocycles. The third kappa shape index (κ3) is 1.58. The number of aliphatic hydroxyl groups is 1. The van der Waals surface area contributed by atoms with Crippen LogP contribution in [0.1, 0.15) is 6.42 Å². The van der Waals surface area contributed by atoms with Gasteiger partial charge in [-0.3, -0.25) is 0 Å². The summed E-state index contributed by atoms with van der Waals surface area (Å²) in [4.78, 5) is 1.70. The first kappa shape index (κ1) is 9.04. The second kappa shape index (κ2) is 3.57. The minimum Gasteiger partial charge on any atom is -0.388 e. The Kier molecular flexibility index (Phi) is 2.69. The lowest BCUT2D eigenvalue weighted by atomic mass is 10.1. The highest BCUT2D eigenvalue weighted by Gasteiger charge is 2.27. The normalized spacial score (nSPS) is 29.5. The number of nitrogens with zero attached hydrogens (tertiary/aromatic N) is 2. The van der Waals surface area contributed by atoms with Gasteiger partial charge in [0.25, 0.3) is 0 Å². The third-order valence-corrected chi connectivity index (χ3v) is 1.90. The number of hydrogen-bond donors (Lipinski definition) is 1. The molecular formula is C8H12N2O2. The first-order valence-electron chi connectivity index (χ1n) is 3.72. The molecule has 0 aliphatic carbocycles. The molecular weight excluding hydrogens is 156 g/mol. The molecule has 66 valence electrons. The van der Waals surface area contributed by atoms with E-state index in [1.165, 1.54) is 7.11 Å². The summed E-state index contributed by atoms with van der Waals surface area (Å²) in [6.45, 7) is 0. The monoisotopic (exact) mass is 168 g/mol. The van der Waals surface area contributed by atoms with E-state index in [0.29, 0.717) is 12.0 Å². The van der Waals surface area contributed by atoms with E-state index in [0.717, 1.165) is 0 Å². The average Bonchev–Trinajstić information content (AvgIpc) is 2.03. The summed E-state index contributed by atoms with van der Waals surface area (Å²) in [5.41, 5.74) is 0.582. The maximum atomic E-state index is 9.48. The average molecular weight is 168 g/mol. The molecule has 4 nitrogen and oxygen atoms in total. The second-order valence-corrected chi connectivity index (χ2v) is 2.83. The van der Waals surface area contributed by atoms with Gasteiger partial charge in [0.2, 0.25) is 0 Å². The van der Waals surface area contributed by atoms with Crippen molar-refractivity contribution in [3.8, 4) is 6.07 Å². The van der Waals surface area contributed by atoms with Crippen LogP contribution in [0.5, 0.6) is 0 Å². The number of nitriles is 1. The highest BCUT2D eigenvalue weighted by Crippen LogP contribution is 2.19. The fraction of sp³-hybridized carbons (Fsp3) is 0.625. The van der Waals surface area contributed by atoms with Crippen molar-refractivity contribution in [2.75, 3.05) is 14.2 Å². The summed E-state index contributed by atoms with van der Waals surface area (Å²) in [7, 11) is 3.31. The fourth-order valence-corrected chi connectivity index (χ4v) is 1.37. The molecule has 0 fully saturated rings. The molecule has 0 unspecified atom stereocenters. The molecule has 0 spiro atoms. The minimum absolute atomic E-state index is 0.331. The van der Waals surface area contributed by atoms with Gasteiger partial charge in [-0.25, -0.2) is 0 Å². The first-order chi connectivity index (χ1) is 5.69. The van der Waals surface area contributed by atoms with Crippen LogP contribution in [-0.4, -0.2) is 36.5 Å². The van der Waals surface area contributed by atoms with Crippen molar-refractivity contribution in [1.29, 1.82) is 5.26 Å². The summed E-state index contributed by atoms with van der Waals surface area (Å²) >= 11 is 0. The summed E-state index contributed by atoms with van der Waals surface area (Å²) in [5.74, 6) is 0.